The lowest BCUT2D eigenvalue weighted by molar-refractivity contribution is -0.137. The predicted octanol–water partition coefficient (Wildman–Crippen LogP) is 4.56. The standard InChI is InChI=1S/C16H24F3NO/c1-3-4-11-21-12-5-10-20-13(2)14-6-8-15(9-7-14)16(17,18)19/h6-9,13,20H,3-5,10-12H2,1-2H3. The molecule has 0 aliphatic heterocycles. The third-order valence-corrected chi connectivity index (χ3v) is 3.30. The SMILES string of the molecule is CCCCOCCCNC(C)c1ccc(C(F)(F)F)cc1. The Hall–Kier alpha value is -1.07. The Bertz CT molecular complexity index is 390. The first kappa shape index (κ1) is 18.0. The summed E-state index contributed by atoms with van der Waals surface area (Å²) in [6, 6.07) is 5.34. The molecule has 0 spiro atoms. The van der Waals surface area contributed by atoms with E-state index in [-0.39, 0.29) is 6.04 Å². The molecule has 1 aromatic carbocycles. The van der Waals surface area contributed by atoms with Crippen molar-refractivity contribution in [3.05, 3.63) is 35.4 Å². The second kappa shape index (κ2) is 9.05. The number of alkyl halides is 3. The molecule has 21 heavy (non-hydrogen) atoms. The fraction of sp³-hybridized carbons (Fsp3) is 0.625. The van der Waals surface area contributed by atoms with Gasteiger partial charge in [0.15, 0.2) is 0 Å². The van der Waals surface area contributed by atoms with Crippen LogP contribution in [0.15, 0.2) is 24.3 Å². The second-order valence-electron chi connectivity index (χ2n) is 5.12. The van der Waals surface area contributed by atoms with E-state index in [0.29, 0.717) is 6.61 Å². The molecule has 0 aliphatic rings. The van der Waals surface area contributed by atoms with Gasteiger partial charge in [0.25, 0.3) is 0 Å². The molecule has 1 rings (SSSR count). The van der Waals surface area contributed by atoms with Crippen LogP contribution < -0.4 is 5.32 Å². The summed E-state index contributed by atoms with van der Waals surface area (Å²) in [6.45, 7) is 6.36. The van der Waals surface area contributed by atoms with E-state index in [1.54, 1.807) is 0 Å². The largest absolute Gasteiger partial charge is 0.416 e. The number of rotatable bonds is 9. The van der Waals surface area contributed by atoms with Crippen molar-refractivity contribution in [1.82, 2.24) is 5.32 Å². The Balaban J connectivity index is 2.27. The van der Waals surface area contributed by atoms with Crippen LogP contribution in [0.3, 0.4) is 0 Å². The van der Waals surface area contributed by atoms with Gasteiger partial charge in [-0.05, 0) is 44.0 Å². The number of benzene rings is 1. The van der Waals surface area contributed by atoms with Gasteiger partial charge in [-0.15, -0.1) is 0 Å². The molecule has 2 nitrogen and oxygen atoms in total. The van der Waals surface area contributed by atoms with Gasteiger partial charge in [-0.2, -0.15) is 13.2 Å². The predicted molar refractivity (Wildman–Crippen MR) is 78.2 cm³/mol. The molecule has 5 heteroatoms. The van der Waals surface area contributed by atoms with Crippen LogP contribution in [0.1, 0.15) is 50.3 Å². The van der Waals surface area contributed by atoms with Crippen LogP contribution >= 0.6 is 0 Å². The first-order valence-corrected chi connectivity index (χ1v) is 7.43. The summed E-state index contributed by atoms with van der Waals surface area (Å²) < 4.78 is 42.9. The molecule has 1 unspecified atom stereocenters. The lowest BCUT2D eigenvalue weighted by Gasteiger charge is -2.15. The highest BCUT2D eigenvalue weighted by Crippen LogP contribution is 2.29. The zero-order valence-corrected chi connectivity index (χ0v) is 12.7. The summed E-state index contributed by atoms with van der Waals surface area (Å²) in [7, 11) is 0. The first-order valence-electron chi connectivity index (χ1n) is 7.43. The van der Waals surface area contributed by atoms with E-state index in [4.69, 9.17) is 4.74 Å². The summed E-state index contributed by atoms with van der Waals surface area (Å²) in [5.41, 5.74) is 0.248. The molecule has 0 amide bonds. The minimum absolute atomic E-state index is 0.0305. The molecule has 0 saturated heterocycles. The number of ether oxygens (including phenoxy) is 1. The highest BCUT2D eigenvalue weighted by molar-refractivity contribution is 5.26. The van der Waals surface area contributed by atoms with Crippen molar-refractivity contribution in [2.75, 3.05) is 19.8 Å². The number of hydrogen-bond acceptors (Lipinski definition) is 2. The van der Waals surface area contributed by atoms with E-state index in [0.717, 1.165) is 50.1 Å². The van der Waals surface area contributed by atoms with Gasteiger partial charge in [-0.3, -0.25) is 0 Å². The third kappa shape index (κ3) is 6.96. The highest BCUT2D eigenvalue weighted by Gasteiger charge is 2.30. The molecular formula is C16H24F3NO. The Morgan fingerprint density at radius 1 is 1.10 bits per heavy atom. The number of hydrogen-bond donors (Lipinski definition) is 1. The highest BCUT2D eigenvalue weighted by atomic mass is 19.4. The Kier molecular flexibility index (Phi) is 7.75. The first-order chi connectivity index (χ1) is 9.95. The third-order valence-electron chi connectivity index (χ3n) is 3.30. The molecule has 1 aromatic rings. The smallest absolute Gasteiger partial charge is 0.381 e. The van der Waals surface area contributed by atoms with Crippen molar-refractivity contribution in [1.29, 1.82) is 0 Å². The van der Waals surface area contributed by atoms with Crippen molar-refractivity contribution in [3.8, 4) is 0 Å². The molecule has 1 N–H and O–H groups in total. The summed E-state index contributed by atoms with van der Waals surface area (Å²) in [5.74, 6) is 0. The summed E-state index contributed by atoms with van der Waals surface area (Å²) in [6.07, 6.45) is -1.17. The van der Waals surface area contributed by atoms with E-state index in [1.807, 2.05) is 6.92 Å². The number of unbranched alkanes of at least 4 members (excludes halogenated alkanes) is 1. The van der Waals surface area contributed by atoms with Crippen LogP contribution in [0.4, 0.5) is 13.2 Å². The molecule has 0 heterocycles. The Morgan fingerprint density at radius 3 is 2.29 bits per heavy atom. The molecule has 0 fully saturated rings. The quantitative estimate of drug-likeness (QED) is 0.675. The number of halogens is 3. The normalized spacial score (nSPS) is 13.4. The van der Waals surface area contributed by atoms with Gasteiger partial charge in [0.2, 0.25) is 0 Å². The molecule has 1 atom stereocenters. The Morgan fingerprint density at radius 2 is 1.71 bits per heavy atom. The van der Waals surface area contributed by atoms with E-state index >= 15 is 0 Å². The van der Waals surface area contributed by atoms with Crippen LogP contribution in [0.25, 0.3) is 0 Å². The minimum atomic E-state index is -4.27. The summed E-state index contributed by atoms with van der Waals surface area (Å²) in [5, 5.41) is 3.29. The Labute approximate surface area is 124 Å². The molecule has 0 bridgehead atoms. The fourth-order valence-electron chi connectivity index (χ4n) is 1.92. The maximum atomic E-state index is 12.5. The van der Waals surface area contributed by atoms with E-state index in [2.05, 4.69) is 12.2 Å². The summed E-state index contributed by atoms with van der Waals surface area (Å²) >= 11 is 0. The van der Waals surface area contributed by atoms with Crippen LogP contribution in [-0.2, 0) is 10.9 Å². The van der Waals surface area contributed by atoms with Crippen molar-refractivity contribution >= 4 is 0 Å². The van der Waals surface area contributed by atoms with Gasteiger partial charge in [-0.25, -0.2) is 0 Å². The average molecular weight is 303 g/mol. The van der Waals surface area contributed by atoms with E-state index in [1.165, 1.54) is 12.1 Å². The molecule has 120 valence electrons. The van der Waals surface area contributed by atoms with Crippen LogP contribution in [-0.4, -0.2) is 19.8 Å². The van der Waals surface area contributed by atoms with Crippen molar-refractivity contribution in [2.24, 2.45) is 0 Å². The molecule has 0 saturated carbocycles. The minimum Gasteiger partial charge on any atom is -0.381 e. The maximum absolute atomic E-state index is 12.5. The summed E-state index contributed by atoms with van der Waals surface area (Å²) in [4.78, 5) is 0. The van der Waals surface area contributed by atoms with Gasteiger partial charge in [0.1, 0.15) is 0 Å². The van der Waals surface area contributed by atoms with Crippen molar-refractivity contribution < 1.29 is 17.9 Å². The van der Waals surface area contributed by atoms with Gasteiger partial charge < -0.3 is 10.1 Å². The lowest BCUT2D eigenvalue weighted by atomic mass is 10.1. The van der Waals surface area contributed by atoms with Gasteiger partial charge >= 0.3 is 6.18 Å². The van der Waals surface area contributed by atoms with Gasteiger partial charge in [-0.1, -0.05) is 25.5 Å². The topological polar surface area (TPSA) is 21.3 Å². The fourth-order valence-corrected chi connectivity index (χ4v) is 1.92. The van der Waals surface area contributed by atoms with E-state index in [9.17, 15) is 13.2 Å². The lowest BCUT2D eigenvalue weighted by Crippen LogP contribution is -2.21. The zero-order valence-electron chi connectivity index (χ0n) is 12.7. The van der Waals surface area contributed by atoms with Crippen molar-refractivity contribution in [2.45, 2.75) is 45.3 Å². The van der Waals surface area contributed by atoms with E-state index < -0.39 is 11.7 Å². The van der Waals surface area contributed by atoms with Crippen molar-refractivity contribution in [3.63, 3.8) is 0 Å². The van der Waals surface area contributed by atoms with Crippen LogP contribution in [0, 0.1) is 0 Å². The monoisotopic (exact) mass is 303 g/mol. The van der Waals surface area contributed by atoms with Gasteiger partial charge in [0.05, 0.1) is 5.56 Å². The second-order valence-corrected chi connectivity index (χ2v) is 5.12. The maximum Gasteiger partial charge on any atom is 0.416 e. The van der Waals surface area contributed by atoms with Crippen LogP contribution in [0.5, 0.6) is 0 Å². The average Bonchev–Trinajstić information content (AvgIpc) is 2.45. The number of nitrogens with one attached hydrogen (secondary N) is 1. The zero-order chi connectivity index (χ0) is 15.7. The molecule has 0 aliphatic carbocycles. The molecular weight excluding hydrogens is 279 g/mol. The molecule has 0 radical (unpaired) electrons. The van der Waals surface area contributed by atoms with Crippen LogP contribution in [0.2, 0.25) is 0 Å². The molecule has 0 aromatic heterocycles. The van der Waals surface area contributed by atoms with Gasteiger partial charge in [0, 0.05) is 19.3 Å².